The molecule has 2 heterocycles. The van der Waals surface area contributed by atoms with Crippen LogP contribution >= 0.6 is 0 Å². The summed E-state index contributed by atoms with van der Waals surface area (Å²) in [5.41, 5.74) is 2.93. The van der Waals surface area contributed by atoms with Gasteiger partial charge in [0, 0.05) is 38.1 Å². The second-order valence-corrected chi connectivity index (χ2v) is 7.03. The molecule has 0 aliphatic carbocycles. The maximum Gasteiger partial charge on any atom is 0.225 e. The van der Waals surface area contributed by atoms with E-state index in [2.05, 4.69) is 19.8 Å². The van der Waals surface area contributed by atoms with Gasteiger partial charge in [0.05, 0.1) is 6.04 Å². The van der Waals surface area contributed by atoms with Crippen LogP contribution in [0, 0.1) is 18.6 Å². The Morgan fingerprint density at radius 1 is 0.786 bits per heavy atom. The second-order valence-electron chi connectivity index (χ2n) is 7.03. The quantitative estimate of drug-likeness (QED) is 0.686. The van der Waals surface area contributed by atoms with Gasteiger partial charge in [-0.2, -0.15) is 0 Å². The molecule has 0 unspecified atom stereocenters. The largest absolute Gasteiger partial charge is 0.338 e. The fraction of sp³-hybridized carbons (Fsp3) is 0.273. The first-order valence-corrected chi connectivity index (χ1v) is 9.40. The highest BCUT2D eigenvalue weighted by Crippen LogP contribution is 2.30. The Hall–Kier alpha value is -2.86. The van der Waals surface area contributed by atoms with Crippen LogP contribution in [0.25, 0.3) is 0 Å². The number of aromatic nitrogens is 2. The highest BCUT2D eigenvalue weighted by Gasteiger charge is 2.27. The molecule has 0 amide bonds. The van der Waals surface area contributed by atoms with Gasteiger partial charge in [-0.3, -0.25) is 4.90 Å². The van der Waals surface area contributed by atoms with E-state index in [9.17, 15) is 8.78 Å². The summed E-state index contributed by atoms with van der Waals surface area (Å²) in [4.78, 5) is 13.4. The predicted molar refractivity (Wildman–Crippen MR) is 105 cm³/mol. The zero-order valence-electron chi connectivity index (χ0n) is 15.7. The lowest BCUT2D eigenvalue weighted by atomic mass is 9.96. The van der Waals surface area contributed by atoms with Gasteiger partial charge in [0.2, 0.25) is 5.95 Å². The van der Waals surface area contributed by atoms with Gasteiger partial charge in [-0.25, -0.2) is 18.7 Å². The first-order valence-electron chi connectivity index (χ1n) is 9.40. The van der Waals surface area contributed by atoms with Gasteiger partial charge >= 0.3 is 0 Å². The minimum atomic E-state index is -0.261. The van der Waals surface area contributed by atoms with E-state index in [-0.39, 0.29) is 17.7 Å². The van der Waals surface area contributed by atoms with Crippen molar-refractivity contribution in [3.8, 4) is 0 Å². The van der Waals surface area contributed by atoms with E-state index in [1.807, 2.05) is 13.0 Å². The molecule has 0 bridgehead atoms. The molecule has 6 heteroatoms. The van der Waals surface area contributed by atoms with Crippen molar-refractivity contribution < 1.29 is 8.78 Å². The Morgan fingerprint density at radius 3 is 1.82 bits per heavy atom. The number of halogens is 2. The number of anilines is 1. The van der Waals surface area contributed by atoms with E-state index in [1.165, 1.54) is 24.3 Å². The van der Waals surface area contributed by atoms with E-state index in [4.69, 9.17) is 0 Å². The van der Waals surface area contributed by atoms with Gasteiger partial charge in [-0.05, 0) is 48.4 Å². The highest BCUT2D eigenvalue weighted by atomic mass is 19.1. The minimum absolute atomic E-state index is 0.0539. The molecule has 0 spiro atoms. The van der Waals surface area contributed by atoms with Crippen LogP contribution in [0.5, 0.6) is 0 Å². The SMILES string of the molecule is Cc1ccnc(N2CCN(C(c3ccc(F)cc3)c3ccc(F)cc3)CC2)n1. The third-order valence-corrected chi connectivity index (χ3v) is 5.12. The van der Waals surface area contributed by atoms with Crippen molar-refractivity contribution in [2.24, 2.45) is 0 Å². The molecule has 0 atom stereocenters. The fourth-order valence-corrected chi connectivity index (χ4v) is 3.67. The van der Waals surface area contributed by atoms with Crippen molar-refractivity contribution in [2.75, 3.05) is 31.1 Å². The standard InChI is InChI=1S/C22H22F2N4/c1-16-10-11-25-22(26-16)28-14-12-27(13-15-28)21(17-2-6-19(23)7-3-17)18-4-8-20(24)9-5-18/h2-11,21H,12-15H2,1H3. The van der Waals surface area contributed by atoms with Crippen LogP contribution in [-0.2, 0) is 0 Å². The summed E-state index contributed by atoms with van der Waals surface area (Å²) < 4.78 is 26.9. The smallest absolute Gasteiger partial charge is 0.225 e. The molecule has 2 aromatic carbocycles. The molecular formula is C22H22F2N4. The van der Waals surface area contributed by atoms with Crippen molar-refractivity contribution in [2.45, 2.75) is 13.0 Å². The molecule has 3 aromatic rings. The molecule has 0 radical (unpaired) electrons. The zero-order chi connectivity index (χ0) is 19.5. The topological polar surface area (TPSA) is 32.3 Å². The average Bonchev–Trinajstić information content (AvgIpc) is 2.72. The maximum absolute atomic E-state index is 13.4. The molecule has 1 aromatic heterocycles. The van der Waals surface area contributed by atoms with Crippen LogP contribution in [0.2, 0.25) is 0 Å². The number of piperazine rings is 1. The number of hydrogen-bond donors (Lipinski definition) is 0. The number of benzene rings is 2. The normalized spacial score (nSPS) is 15.2. The molecular weight excluding hydrogens is 358 g/mol. The second kappa shape index (κ2) is 8.02. The molecule has 1 aliphatic heterocycles. The molecule has 1 aliphatic rings. The molecule has 0 saturated carbocycles. The van der Waals surface area contributed by atoms with Crippen molar-refractivity contribution in [3.63, 3.8) is 0 Å². The lowest BCUT2D eigenvalue weighted by molar-refractivity contribution is 0.211. The summed E-state index contributed by atoms with van der Waals surface area (Å²) in [7, 11) is 0. The van der Waals surface area contributed by atoms with Gasteiger partial charge < -0.3 is 4.90 Å². The van der Waals surface area contributed by atoms with Crippen molar-refractivity contribution >= 4 is 5.95 Å². The molecule has 0 N–H and O–H groups in total. The number of aryl methyl sites for hydroxylation is 1. The third kappa shape index (κ3) is 4.02. The molecule has 1 fully saturated rings. The van der Waals surface area contributed by atoms with Crippen LogP contribution in [0.3, 0.4) is 0 Å². The average molecular weight is 380 g/mol. The van der Waals surface area contributed by atoms with Crippen molar-refractivity contribution in [1.82, 2.24) is 14.9 Å². The van der Waals surface area contributed by atoms with Crippen molar-refractivity contribution in [1.29, 1.82) is 0 Å². The molecule has 144 valence electrons. The Bertz CT molecular complexity index is 875. The van der Waals surface area contributed by atoms with E-state index >= 15 is 0 Å². The number of nitrogens with zero attached hydrogens (tertiary/aromatic N) is 4. The van der Waals surface area contributed by atoms with Gasteiger partial charge in [0.25, 0.3) is 0 Å². The zero-order valence-corrected chi connectivity index (χ0v) is 15.7. The van der Waals surface area contributed by atoms with E-state index in [0.29, 0.717) is 0 Å². The minimum Gasteiger partial charge on any atom is -0.338 e. The molecule has 28 heavy (non-hydrogen) atoms. The van der Waals surface area contributed by atoms with Gasteiger partial charge in [0.15, 0.2) is 0 Å². The lowest BCUT2D eigenvalue weighted by Crippen LogP contribution is -2.48. The third-order valence-electron chi connectivity index (χ3n) is 5.12. The van der Waals surface area contributed by atoms with E-state index in [1.54, 1.807) is 30.5 Å². The maximum atomic E-state index is 13.4. The highest BCUT2D eigenvalue weighted by molar-refractivity contribution is 5.35. The number of hydrogen-bond acceptors (Lipinski definition) is 4. The molecule has 4 nitrogen and oxygen atoms in total. The summed E-state index contributed by atoms with van der Waals surface area (Å²) in [5, 5.41) is 0. The summed E-state index contributed by atoms with van der Waals surface area (Å²) in [6.07, 6.45) is 1.78. The molecule has 4 rings (SSSR count). The van der Waals surface area contributed by atoms with E-state index in [0.717, 1.165) is 48.9 Å². The molecule has 1 saturated heterocycles. The first-order chi connectivity index (χ1) is 13.6. The Balaban J connectivity index is 1.57. The summed E-state index contributed by atoms with van der Waals surface area (Å²) in [6, 6.07) is 15.0. The Labute approximate surface area is 163 Å². The lowest BCUT2D eigenvalue weighted by Gasteiger charge is -2.39. The fourth-order valence-electron chi connectivity index (χ4n) is 3.67. The van der Waals surface area contributed by atoms with Gasteiger partial charge in [-0.15, -0.1) is 0 Å². The summed E-state index contributed by atoms with van der Waals surface area (Å²) in [5.74, 6) is 0.228. The Kier molecular flexibility index (Phi) is 5.30. The van der Waals surface area contributed by atoms with Crippen LogP contribution in [0.15, 0.2) is 60.8 Å². The summed E-state index contributed by atoms with van der Waals surface area (Å²) >= 11 is 0. The van der Waals surface area contributed by atoms with Gasteiger partial charge in [-0.1, -0.05) is 24.3 Å². The number of rotatable bonds is 4. The van der Waals surface area contributed by atoms with Crippen LogP contribution < -0.4 is 4.90 Å². The monoisotopic (exact) mass is 380 g/mol. The first kappa shape index (κ1) is 18.5. The van der Waals surface area contributed by atoms with Crippen molar-refractivity contribution in [3.05, 3.63) is 89.2 Å². The predicted octanol–water partition coefficient (Wildman–Crippen LogP) is 3.97. The van der Waals surface area contributed by atoms with Crippen LogP contribution in [0.1, 0.15) is 22.9 Å². The van der Waals surface area contributed by atoms with E-state index < -0.39 is 0 Å². The summed E-state index contributed by atoms with van der Waals surface area (Å²) in [6.45, 7) is 5.15. The van der Waals surface area contributed by atoms with Crippen LogP contribution in [-0.4, -0.2) is 41.0 Å². The Morgan fingerprint density at radius 2 is 1.32 bits per heavy atom. The van der Waals surface area contributed by atoms with Crippen LogP contribution in [0.4, 0.5) is 14.7 Å². The van der Waals surface area contributed by atoms with Gasteiger partial charge in [0.1, 0.15) is 11.6 Å².